The Morgan fingerprint density at radius 3 is 2.22 bits per heavy atom. The molecule has 0 unspecified atom stereocenters. The number of hydrazine groups is 1. The van der Waals surface area contributed by atoms with Crippen LogP contribution in [0.5, 0.6) is 0 Å². The molecule has 0 spiro atoms. The molecular weight excluding hydrogens is 314 g/mol. The van der Waals surface area contributed by atoms with Gasteiger partial charge in [-0.05, 0) is 36.8 Å². The summed E-state index contributed by atoms with van der Waals surface area (Å²) in [6.07, 6.45) is 0. The van der Waals surface area contributed by atoms with Crippen molar-refractivity contribution in [2.45, 2.75) is 13.5 Å². The van der Waals surface area contributed by atoms with Gasteiger partial charge in [0.2, 0.25) is 0 Å². The minimum absolute atomic E-state index is 0.363. The minimum Gasteiger partial charge on any atom is -0.322 e. The van der Waals surface area contributed by atoms with Crippen LogP contribution in [0.25, 0.3) is 0 Å². The van der Waals surface area contributed by atoms with Crippen LogP contribution in [-0.2, 0) is 6.54 Å². The zero-order chi connectivity index (χ0) is 16.8. The number of hydrogen-bond donors (Lipinski definition) is 2. The molecule has 0 aliphatic rings. The molecule has 0 saturated heterocycles. The lowest BCUT2D eigenvalue weighted by molar-refractivity contribution is 0.0931. The number of nitrogens with zero attached hydrogens (tertiary/aromatic N) is 1. The summed E-state index contributed by atoms with van der Waals surface area (Å²) < 4.78 is 0. The van der Waals surface area contributed by atoms with Crippen molar-refractivity contribution in [3.05, 3.63) is 70.2 Å². The van der Waals surface area contributed by atoms with E-state index in [1.54, 1.807) is 31.3 Å². The molecule has 2 aromatic carbocycles. The van der Waals surface area contributed by atoms with E-state index < -0.39 is 6.03 Å². The second kappa shape index (κ2) is 7.65. The van der Waals surface area contributed by atoms with Crippen LogP contribution in [-0.4, -0.2) is 23.9 Å². The fourth-order valence-electron chi connectivity index (χ4n) is 1.92. The van der Waals surface area contributed by atoms with Gasteiger partial charge in [-0.3, -0.25) is 10.2 Å². The van der Waals surface area contributed by atoms with Gasteiger partial charge in [0.05, 0.1) is 0 Å². The second-order valence-corrected chi connectivity index (χ2v) is 5.67. The van der Waals surface area contributed by atoms with Gasteiger partial charge in [-0.2, -0.15) is 0 Å². The highest BCUT2D eigenvalue weighted by Gasteiger charge is 2.11. The molecule has 6 heteroatoms. The van der Waals surface area contributed by atoms with Gasteiger partial charge < -0.3 is 4.90 Å². The molecule has 5 nitrogen and oxygen atoms in total. The fraction of sp³-hybridized carbons (Fsp3) is 0.176. The average molecular weight is 332 g/mol. The maximum atomic E-state index is 12.0. The van der Waals surface area contributed by atoms with Crippen molar-refractivity contribution in [1.29, 1.82) is 0 Å². The Kier molecular flexibility index (Phi) is 5.60. The van der Waals surface area contributed by atoms with Crippen LogP contribution in [0.1, 0.15) is 21.5 Å². The van der Waals surface area contributed by atoms with Crippen molar-refractivity contribution >= 4 is 23.5 Å². The van der Waals surface area contributed by atoms with Crippen LogP contribution in [0.3, 0.4) is 0 Å². The zero-order valence-electron chi connectivity index (χ0n) is 13.0. The third kappa shape index (κ3) is 5.00. The smallest absolute Gasteiger partial charge is 0.322 e. The number of amides is 3. The van der Waals surface area contributed by atoms with Crippen molar-refractivity contribution in [3.8, 4) is 0 Å². The van der Waals surface area contributed by atoms with Gasteiger partial charge in [0.1, 0.15) is 0 Å². The van der Waals surface area contributed by atoms with Gasteiger partial charge >= 0.3 is 6.03 Å². The van der Waals surface area contributed by atoms with E-state index in [1.165, 1.54) is 4.90 Å². The third-order valence-corrected chi connectivity index (χ3v) is 3.53. The van der Waals surface area contributed by atoms with Crippen LogP contribution in [0.15, 0.2) is 48.5 Å². The summed E-state index contributed by atoms with van der Waals surface area (Å²) in [5.74, 6) is -0.363. The molecule has 2 N–H and O–H groups in total. The average Bonchev–Trinajstić information content (AvgIpc) is 2.55. The summed E-state index contributed by atoms with van der Waals surface area (Å²) in [7, 11) is 1.64. The molecule has 2 aromatic rings. The summed E-state index contributed by atoms with van der Waals surface area (Å²) in [4.78, 5) is 25.4. The van der Waals surface area contributed by atoms with Crippen molar-refractivity contribution in [2.24, 2.45) is 0 Å². The van der Waals surface area contributed by atoms with Crippen molar-refractivity contribution in [1.82, 2.24) is 15.8 Å². The maximum Gasteiger partial charge on any atom is 0.336 e. The van der Waals surface area contributed by atoms with E-state index >= 15 is 0 Å². The fourth-order valence-corrected chi connectivity index (χ4v) is 2.04. The number of aryl methyl sites for hydroxylation is 1. The molecule has 0 saturated carbocycles. The molecule has 120 valence electrons. The van der Waals surface area contributed by atoms with E-state index in [4.69, 9.17) is 11.6 Å². The van der Waals surface area contributed by atoms with E-state index in [2.05, 4.69) is 10.9 Å². The molecule has 3 amide bonds. The van der Waals surface area contributed by atoms with Crippen molar-refractivity contribution < 1.29 is 9.59 Å². The molecule has 0 atom stereocenters. The Morgan fingerprint density at radius 1 is 1.00 bits per heavy atom. The number of urea groups is 1. The van der Waals surface area contributed by atoms with Crippen molar-refractivity contribution in [3.63, 3.8) is 0 Å². The van der Waals surface area contributed by atoms with Crippen LogP contribution in [0.4, 0.5) is 4.79 Å². The lowest BCUT2D eigenvalue weighted by Crippen LogP contribution is -2.47. The number of carbonyl (C=O) groups is 2. The van der Waals surface area contributed by atoms with Gasteiger partial charge in [-0.25, -0.2) is 10.2 Å². The number of nitrogens with one attached hydrogen (secondary N) is 2. The molecule has 0 aromatic heterocycles. The standard InChI is InChI=1S/C17H18ClN3O2/c1-12-3-7-14(8-4-12)16(22)19-20-17(23)21(2)11-13-5-9-15(18)10-6-13/h3-10H,11H2,1-2H3,(H,19,22)(H,20,23). The number of rotatable bonds is 3. The van der Waals surface area contributed by atoms with Gasteiger partial charge in [0.15, 0.2) is 0 Å². The monoisotopic (exact) mass is 331 g/mol. The van der Waals surface area contributed by atoms with Gasteiger partial charge in [-0.1, -0.05) is 41.4 Å². The minimum atomic E-state index is -0.402. The maximum absolute atomic E-state index is 12.0. The SMILES string of the molecule is Cc1ccc(C(=O)NNC(=O)N(C)Cc2ccc(Cl)cc2)cc1. The topological polar surface area (TPSA) is 61.4 Å². The Balaban J connectivity index is 1.84. The summed E-state index contributed by atoms with van der Waals surface area (Å²) in [5, 5.41) is 0.645. The van der Waals surface area contributed by atoms with E-state index in [9.17, 15) is 9.59 Å². The Bertz CT molecular complexity index is 684. The predicted octanol–water partition coefficient (Wildman–Crippen LogP) is 3.13. The summed E-state index contributed by atoms with van der Waals surface area (Å²) in [5.41, 5.74) is 7.27. The van der Waals surface area contributed by atoms with Gasteiger partial charge in [0, 0.05) is 24.2 Å². The van der Waals surface area contributed by atoms with E-state index in [-0.39, 0.29) is 5.91 Å². The summed E-state index contributed by atoms with van der Waals surface area (Å²) >= 11 is 5.82. The van der Waals surface area contributed by atoms with Crippen LogP contribution < -0.4 is 10.9 Å². The van der Waals surface area contributed by atoms with Crippen LogP contribution in [0.2, 0.25) is 5.02 Å². The molecule has 0 bridgehead atoms. The van der Waals surface area contributed by atoms with Crippen LogP contribution >= 0.6 is 11.6 Å². The zero-order valence-corrected chi connectivity index (χ0v) is 13.7. The van der Waals surface area contributed by atoms with E-state index in [0.717, 1.165) is 11.1 Å². The number of carbonyl (C=O) groups excluding carboxylic acids is 2. The van der Waals surface area contributed by atoms with Gasteiger partial charge in [-0.15, -0.1) is 0 Å². The molecule has 0 heterocycles. The molecule has 2 rings (SSSR count). The quantitative estimate of drug-likeness (QED) is 0.849. The van der Waals surface area contributed by atoms with Crippen LogP contribution in [0, 0.1) is 6.92 Å². The normalized spacial score (nSPS) is 10.0. The Labute approximate surface area is 140 Å². The molecular formula is C17H18ClN3O2. The molecule has 23 heavy (non-hydrogen) atoms. The van der Waals surface area contributed by atoms with Crippen molar-refractivity contribution in [2.75, 3.05) is 7.05 Å². The first-order valence-corrected chi connectivity index (χ1v) is 7.46. The third-order valence-electron chi connectivity index (χ3n) is 3.28. The largest absolute Gasteiger partial charge is 0.336 e. The Hall–Kier alpha value is -2.53. The number of benzene rings is 2. The predicted molar refractivity (Wildman–Crippen MR) is 90.1 cm³/mol. The molecule has 0 fully saturated rings. The summed E-state index contributed by atoms with van der Waals surface area (Å²) in [6.45, 7) is 2.35. The van der Waals surface area contributed by atoms with Gasteiger partial charge in [0.25, 0.3) is 5.91 Å². The molecule has 0 radical (unpaired) electrons. The Morgan fingerprint density at radius 2 is 1.61 bits per heavy atom. The highest BCUT2D eigenvalue weighted by molar-refractivity contribution is 6.30. The number of hydrogen-bond acceptors (Lipinski definition) is 2. The first-order chi connectivity index (χ1) is 11.0. The van der Waals surface area contributed by atoms with E-state index in [0.29, 0.717) is 17.1 Å². The highest BCUT2D eigenvalue weighted by Crippen LogP contribution is 2.10. The molecule has 0 aliphatic carbocycles. The highest BCUT2D eigenvalue weighted by atomic mass is 35.5. The van der Waals surface area contributed by atoms with E-state index in [1.807, 2.05) is 31.2 Å². The first-order valence-electron chi connectivity index (χ1n) is 7.08. The second-order valence-electron chi connectivity index (χ2n) is 5.23. The lowest BCUT2D eigenvalue weighted by atomic mass is 10.1. The number of halogens is 1. The first kappa shape index (κ1) is 16.8. The lowest BCUT2D eigenvalue weighted by Gasteiger charge is -2.18. The summed E-state index contributed by atoms with van der Waals surface area (Å²) in [6, 6.07) is 13.9. The molecule has 0 aliphatic heterocycles.